The molecule has 0 saturated carbocycles. The molecule has 0 unspecified atom stereocenters. The molecule has 29 heavy (non-hydrogen) atoms. The summed E-state index contributed by atoms with van der Waals surface area (Å²) < 4.78 is 0. The maximum atomic E-state index is 2.35. The van der Waals surface area contributed by atoms with E-state index in [-0.39, 0.29) is 5.41 Å². The first-order valence-corrected chi connectivity index (χ1v) is 10.3. The minimum Gasteiger partial charge on any atom is -0.0622 e. The van der Waals surface area contributed by atoms with E-state index in [1.807, 2.05) is 0 Å². The molecule has 0 fully saturated rings. The first-order valence-electron chi connectivity index (χ1n) is 10.3. The second-order valence-electron chi connectivity index (χ2n) is 8.80. The highest BCUT2D eigenvalue weighted by Gasteiger charge is 2.15. The molecule has 4 rings (SSSR count). The van der Waals surface area contributed by atoms with Crippen LogP contribution in [0.2, 0.25) is 0 Å². The summed E-state index contributed by atoms with van der Waals surface area (Å²) in [7, 11) is 0. The zero-order valence-corrected chi connectivity index (χ0v) is 17.7. The van der Waals surface area contributed by atoms with Crippen LogP contribution >= 0.6 is 0 Å². The van der Waals surface area contributed by atoms with Crippen molar-refractivity contribution in [2.75, 3.05) is 0 Å². The Morgan fingerprint density at radius 3 is 1.41 bits per heavy atom. The molecule has 4 aromatic carbocycles. The topological polar surface area (TPSA) is 0 Å². The lowest BCUT2D eigenvalue weighted by atomic mass is 9.84. The minimum atomic E-state index is 0.156. The van der Waals surface area contributed by atoms with Gasteiger partial charge in [-0.25, -0.2) is 0 Å². The van der Waals surface area contributed by atoms with Crippen LogP contribution < -0.4 is 0 Å². The van der Waals surface area contributed by atoms with Crippen LogP contribution in [0.3, 0.4) is 0 Å². The van der Waals surface area contributed by atoms with Crippen LogP contribution in [0.5, 0.6) is 0 Å². The highest BCUT2D eigenvalue weighted by atomic mass is 14.2. The molecule has 4 aromatic rings. The van der Waals surface area contributed by atoms with E-state index in [9.17, 15) is 0 Å². The molecule has 144 valence electrons. The molecule has 0 saturated heterocycles. The van der Waals surface area contributed by atoms with Gasteiger partial charge in [-0.15, -0.1) is 0 Å². The van der Waals surface area contributed by atoms with Crippen LogP contribution in [0.4, 0.5) is 0 Å². The Morgan fingerprint density at radius 2 is 0.931 bits per heavy atom. The van der Waals surface area contributed by atoms with Crippen molar-refractivity contribution in [1.29, 1.82) is 0 Å². The van der Waals surface area contributed by atoms with E-state index < -0.39 is 0 Å². The summed E-state index contributed by atoms with van der Waals surface area (Å²) in [6.07, 6.45) is 0. The Morgan fingerprint density at radius 1 is 0.483 bits per heavy atom. The average Bonchev–Trinajstić information content (AvgIpc) is 2.74. The molecule has 0 radical (unpaired) electrons. The fraction of sp³-hybridized carbons (Fsp3) is 0.172. The Kier molecular flexibility index (Phi) is 5.11. The molecule has 0 amide bonds. The van der Waals surface area contributed by atoms with Crippen molar-refractivity contribution in [3.63, 3.8) is 0 Å². The van der Waals surface area contributed by atoms with Gasteiger partial charge in [0.05, 0.1) is 0 Å². The second-order valence-corrected chi connectivity index (χ2v) is 8.80. The molecule has 0 aliphatic rings. The van der Waals surface area contributed by atoms with Gasteiger partial charge in [-0.3, -0.25) is 0 Å². The summed E-state index contributed by atoms with van der Waals surface area (Å²) in [6, 6.07) is 35.1. The number of hydrogen-bond donors (Lipinski definition) is 0. The van der Waals surface area contributed by atoms with Crippen molar-refractivity contribution in [1.82, 2.24) is 0 Å². The predicted octanol–water partition coefficient (Wildman–Crippen LogP) is 8.29. The first-order chi connectivity index (χ1) is 13.9. The van der Waals surface area contributed by atoms with Gasteiger partial charge in [-0.05, 0) is 56.8 Å². The van der Waals surface area contributed by atoms with Crippen LogP contribution in [0, 0.1) is 6.92 Å². The van der Waals surface area contributed by atoms with E-state index in [0.717, 1.165) is 0 Å². The lowest BCUT2D eigenvalue weighted by Crippen LogP contribution is -2.11. The fourth-order valence-corrected chi connectivity index (χ4v) is 3.73. The smallest absolute Gasteiger partial charge is 0.0132 e. The number of hydrogen-bond acceptors (Lipinski definition) is 0. The maximum absolute atomic E-state index is 2.35. The molecular weight excluding hydrogens is 348 g/mol. The predicted molar refractivity (Wildman–Crippen MR) is 126 cm³/mol. The summed E-state index contributed by atoms with van der Waals surface area (Å²) in [5.41, 5.74) is 10.4. The molecule has 0 spiro atoms. The molecule has 0 heteroatoms. The lowest BCUT2D eigenvalue weighted by molar-refractivity contribution is 0.590. The molecule has 0 aliphatic heterocycles. The van der Waals surface area contributed by atoms with E-state index >= 15 is 0 Å². The lowest BCUT2D eigenvalue weighted by Gasteiger charge is -2.21. The zero-order valence-electron chi connectivity index (χ0n) is 17.7. The van der Waals surface area contributed by atoms with Gasteiger partial charge >= 0.3 is 0 Å². The van der Waals surface area contributed by atoms with Gasteiger partial charge in [-0.1, -0.05) is 118 Å². The Balaban J connectivity index is 1.62. The number of benzene rings is 4. The van der Waals surface area contributed by atoms with E-state index in [4.69, 9.17) is 0 Å². The maximum Gasteiger partial charge on any atom is -0.0132 e. The largest absolute Gasteiger partial charge is 0.0622 e. The van der Waals surface area contributed by atoms with Crippen molar-refractivity contribution in [3.05, 3.63) is 108 Å². The Labute approximate surface area is 174 Å². The third-order valence-corrected chi connectivity index (χ3v) is 5.62. The van der Waals surface area contributed by atoms with E-state index in [1.165, 1.54) is 44.5 Å². The fourth-order valence-electron chi connectivity index (χ4n) is 3.73. The Bertz CT molecular complexity index is 1090. The quantitative estimate of drug-likeness (QED) is 0.337. The van der Waals surface area contributed by atoms with Gasteiger partial charge in [0.15, 0.2) is 0 Å². The second kappa shape index (κ2) is 7.72. The van der Waals surface area contributed by atoms with Crippen molar-refractivity contribution >= 4 is 0 Å². The van der Waals surface area contributed by atoms with Gasteiger partial charge in [0, 0.05) is 0 Å². The number of aryl methyl sites for hydroxylation is 1. The van der Waals surface area contributed by atoms with E-state index in [0.29, 0.717) is 0 Å². The van der Waals surface area contributed by atoms with Gasteiger partial charge in [0.1, 0.15) is 0 Å². The van der Waals surface area contributed by atoms with Crippen molar-refractivity contribution in [2.45, 2.75) is 33.1 Å². The third-order valence-electron chi connectivity index (χ3n) is 5.62. The van der Waals surface area contributed by atoms with Gasteiger partial charge in [0.2, 0.25) is 0 Å². The third kappa shape index (κ3) is 4.17. The first kappa shape index (κ1) is 19.2. The van der Waals surface area contributed by atoms with Crippen molar-refractivity contribution < 1.29 is 0 Å². The summed E-state index contributed by atoms with van der Waals surface area (Å²) in [5, 5.41) is 0. The molecule has 0 nitrogen and oxygen atoms in total. The normalized spacial score (nSPS) is 11.4. The number of rotatable bonds is 3. The van der Waals surface area contributed by atoms with Gasteiger partial charge < -0.3 is 0 Å². The van der Waals surface area contributed by atoms with E-state index in [1.54, 1.807) is 0 Å². The molecule has 0 aliphatic carbocycles. The SMILES string of the molecule is Cc1ccc(C(C)(C)C)cc1-c1ccc(-c2ccc(-c3ccccc3)cc2)cc1. The van der Waals surface area contributed by atoms with Crippen LogP contribution in [-0.4, -0.2) is 0 Å². The van der Waals surface area contributed by atoms with Gasteiger partial charge in [0.25, 0.3) is 0 Å². The van der Waals surface area contributed by atoms with Crippen molar-refractivity contribution in [2.24, 2.45) is 0 Å². The summed E-state index contributed by atoms with van der Waals surface area (Å²) >= 11 is 0. The zero-order chi connectivity index (χ0) is 20.4. The standard InChI is InChI=1S/C29H28/c1-21-10-19-27(29(2,3)4)20-28(21)26-17-15-25(16-18-26)24-13-11-23(12-14-24)22-8-6-5-7-9-22/h5-20H,1-4H3. The van der Waals surface area contributed by atoms with Crippen LogP contribution in [0.1, 0.15) is 31.9 Å². The molecule has 0 N–H and O–H groups in total. The van der Waals surface area contributed by atoms with Crippen LogP contribution in [-0.2, 0) is 5.41 Å². The summed E-state index contributed by atoms with van der Waals surface area (Å²) in [4.78, 5) is 0. The molecular formula is C29H28. The minimum absolute atomic E-state index is 0.156. The van der Waals surface area contributed by atoms with Gasteiger partial charge in [-0.2, -0.15) is 0 Å². The Hall–Kier alpha value is -3.12. The molecule has 0 bridgehead atoms. The molecule has 0 atom stereocenters. The molecule has 0 aromatic heterocycles. The highest BCUT2D eigenvalue weighted by molar-refractivity contribution is 5.74. The average molecular weight is 377 g/mol. The van der Waals surface area contributed by atoms with Crippen molar-refractivity contribution in [3.8, 4) is 33.4 Å². The highest BCUT2D eigenvalue weighted by Crippen LogP contribution is 2.32. The molecule has 0 heterocycles. The van der Waals surface area contributed by atoms with Crippen LogP contribution in [0.25, 0.3) is 33.4 Å². The van der Waals surface area contributed by atoms with Crippen LogP contribution in [0.15, 0.2) is 97.1 Å². The monoisotopic (exact) mass is 376 g/mol. The summed E-state index contributed by atoms with van der Waals surface area (Å²) in [5.74, 6) is 0. The van der Waals surface area contributed by atoms with E-state index in [2.05, 4.69) is 125 Å². The summed E-state index contributed by atoms with van der Waals surface area (Å²) in [6.45, 7) is 8.99.